The van der Waals surface area contributed by atoms with Crippen molar-refractivity contribution in [3.05, 3.63) is 110 Å². The van der Waals surface area contributed by atoms with Crippen LogP contribution in [0.1, 0.15) is 11.1 Å². The third-order valence-electron chi connectivity index (χ3n) is 9.60. The molecule has 24 heteroatoms. The molecular formula is C38H36Br2F8N10O4. The first-order chi connectivity index (χ1) is 29.1. The molecule has 5 N–H and O–H groups in total. The lowest BCUT2D eigenvalue weighted by molar-refractivity contribution is 0.131. The Morgan fingerprint density at radius 1 is 0.645 bits per heavy atom. The fourth-order valence-electron chi connectivity index (χ4n) is 6.77. The number of anilines is 2. The minimum absolute atomic E-state index is 0.00489. The number of nitrogens with one attached hydrogen (secondary N) is 1. The molecule has 0 radical (unpaired) electrons. The molecule has 14 nitrogen and oxygen atoms in total. The van der Waals surface area contributed by atoms with Gasteiger partial charge in [-0.25, -0.2) is 54.7 Å². The molecule has 0 saturated heterocycles. The second kappa shape index (κ2) is 19.3. The van der Waals surface area contributed by atoms with E-state index < -0.39 is 79.6 Å². The summed E-state index contributed by atoms with van der Waals surface area (Å²) in [5, 5.41) is 2.40. The second-order valence-corrected chi connectivity index (χ2v) is 15.2. The molecule has 2 aromatic carbocycles. The highest BCUT2D eigenvalue weighted by Gasteiger charge is 2.29. The van der Waals surface area contributed by atoms with E-state index in [4.69, 9.17) is 11.5 Å². The number of alkyl halides is 6. The van der Waals surface area contributed by atoms with Crippen LogP contribution in [-0.2, 0) is 41.3 Å². The van der Waals surface area contributed by atoms with E-state index in [2.05, 4.69) is 47.1 Å². The fraction of sp³-hybridized carbons (Fsp3) is 0.316. The SMILES string of the molecule is Cn1c(=O)c2c(-c3cc(F)ccc3Br)c(CN)c(N(CC(F)F)CC(F)F)nc2n(C)c1=O.Cn1c(=O)c2c(-c3cc(F)ccc3Br)c(CN)c(NCC(F)F)nc2n(C)c1=O. The molecule has 4 heterocycles. The van der Waals surface area contributed by atoms with Crippen molar-refractivity contribution in [2.45, 2.75) is 32.4 Å². The molecule has 0 atom stereocenters. The van der Waals surface area contributed by atoms with E-state index in [1.54, 1.807) is 0 Å². The van der Waals surface area contributed by atoms with Crippen LogP contribution in [0.4, 0.5) is 46.8 Å². The molecule has 0 amide bonds. The topological polar surface area (TPSA) is 181 Å². The highest BCUT2D eigenvalue weighted by molar-refractivity contribution is 9.11. The first-order valence-electron chi connectivity index (χ1n) is 18.0. The summed E-state index contributed by atoms with van der Waals surface area (Å²) in [4.78, 5) is 60.0. The van der Waals surface area contributed by atoms with Gasteiger partial charge in [0.1, 0.15) is 23.3 Å². The fourth-order valence-corrected chi connectivity index (χ4v) is 7.66. The van der Waals surface area contributed by atoms with Gasteiger partial charge in [-0.2, -0.15) is 0 Å². The molecular weight excluding hydrogens is 972 g/mol. The van der Waals surface area contributed by atoms with Gasteiger partial charge in [-0.3, -0.25) is 27.9 Å². The minimum Gasteiger partial charge on any atom is -0.364 e. The molecule has 0 fully saturated rings. The van der Waals surface area contributed by atoms with Crippen LogP contribution in [0.5, 0.6) is 0 Å². The van der Waals surface area contributed by atoms with E-state index >= 15 is 0 Å². The van der Waals surface area contributed by atoms with Crippen molar-refractivity contribution in [3.63, 3.8) is 0 Å². The second-order valence-electron chi connectivity index (χ2n) is 13.5. The zero-order valence-corrected chi connectivity index (χ0v) is 36.1. The van der Waals surface area contributed by atoms with E-state index in [1.807, 2.05) is 0 Å². The maximum Gasteiger partial charge on any atom is 0.332 e. The van der Waals surface area contributed by atoms with Crippen LogP contribution in [0.3, 0.4) is 0 Å². The highest BCUT2D eigenvalue weighted by atomic mass is 79.9. The Morgan fingerprint density at radius 3 is 1.47 bits per heavy atom. The number of benzene rings is 2. The molecule has 0 aliphatic heterocycles. The van der Waals surface area contributed by atoms with Crippen LogP contribution in [0.2, 0.25) is 0 Å². The molecule has 332 valence electrons. The number of halogens is 10. The minimum atomic E-state index is -3.00. The van der Waals surface area contributed by atoms with Gasteiger partial charge < -0.3 is 21.7 Å². The summed E-state index contributed by atoms with van der Waals surface area (Å²) in [6.07, 6.45) is -8.66. The molecule has 62 heavy (non-hydrogen) atoms. The smallest absolute Gasteiger partial charge is 0.332 e. The van der Waals surface area contributed by atoms with Gasteiger partial charge in [-0.1, -0.05) is 31.9 Å². The van der Waals surface area contributed by atoms with Gasteiger partial charge in [-0.05, 0) is 36.4 Å². The lowest BCUT2D eigenvalue weighted by atomic mass is 9.96. The summed E-state index contributed by atoms with van der Waals surface area (Å²) >= 11 is 6.61. The molecule has 6 rings (SSSR count). The number of hydrogen-bond donors (Lipinski definition) is 3. The Bertz CT molecular complexity index is 2930. The summed E-state index contributed by atoms with van der Waals surface area (Å²) in [5.74, 6) is -1.60. The maximum absolute atomic E-state index is 14.2. The van der Waals surface area contributed by atoms with Crippen molar-refractivity contribution >= 4 is 65.6 Å². The lowest BCUT2D eigenvalue weighted by Gasteiger charge is -2.27. The zero-order chi connectivity index (χ0) is 46.1. The third kappa shape index (κ3) is 9.32. The monoisotopic (exact) mass is 1010 g/mol. The molecule has 0 unspecified atom stereocenters. The lowest BCUT2D eigenvalue weighted by Crippen LogP contribution is -2.39. The first kappa shape index (κ1) is 47.6. The van der Waals surface area contributed by atoms with Gasteiger partial charge in [0.15, 0.2) is 11.3 Å². The Morgan fingerprint density at radius 2 is 1.06 bits per heavy atom. The van der Waals surface area contributed by atoms with E-state index in [1.165, 1.54) is 52.5 Å². The van der Waals surface area contributed by atoms with Crippen molar-refractivity contribution < 1.29 is 35.1 Å². The maximum atomic E-state index is 14.2. The third-order valence-corrected chi connectivity index (χ3v) is 11.0. The largest absolute Gasteiger partial charge is 0.364 e. The number of rotatable bonds is 12. The molecule has 0 saturated carbocycles. The van der Waals surface area contributed by atoms with Gasteiger partial charge in [0.25, 0.3) is 30.4 Å². The van der Waals surface area contributed by atoms with E-state index in [9.17, 15) is 54.3 Å². The molecule has 6 aromatic rings. The van der Waals surface area contributed by atoms with Crippen LogP contribution in [-0.4, -0.2) is 67.1 Å². The van der Waals surface area contributed by atoms with Crippen molar-refractivity contribution in [1.29, 1.82) is 0 Å². The van der Waals surface area contributed by atoms with Crippen LogP contribution < -0.4 is 44.2 Å². The number of aromatic nitrogens is 6. The van der Waals surface area contributed by atoms with Crippen molar-refractivity contribution in [2.24, 2.45) is 39.7 Å². The van der Waals surface area contributed by atoms with E-state index in [-0.39, 0.29) is 73.6 Å². The summed E-state index contributed by atoms with van der Waals surface area (Å²) in [6, 6.07) is 7.46. The van der Waals surface area contributed by atoms with Crippen LogP contribution in [0, 0.1) is 11.6 Å². The van der Waals surface area contributed by atoms with E-state index in [0.29, 0.717) is 13.8 Å². The number of nitrogens with two attached hydrogens (primary N) is 2. The number of fused-ring (bicyclic) bond motifs is 2. The van der Waals surface area contributed by atoms with Crippen molar-refractivity contribution in [2.75, 3.05) is 29.9 Å². The van der Waals surface area contributed by atoms with Crippen molar-refractivity contribution in [3.8, 4) is 22.3 Å². The van der Waals surface area contributed by atoms with Crippen LogP contribution >= 0.6 is 31.9 Å². The van der Waals surface area contributed by atoms with Gasteiger partial charge in [0.2, 0.25) is 0 Å². The predicted molar refractivity (Wildman–Crippen MR) is 225 cm³/mol. The number of hydrogen-bond acceptors (Lipinski definition) is 10. The molecule has 0 aliphatic rings. The van der Waals surface area contributed by atoms with Crippen LogP contribution in [0.25, 0.3) is 44.3 Å². The summed E-state index contributed by atoms with van der Waals surface area (Å²) in [7, 11) is 5.22. The van der Waals surface area contributed by atoms with E-state index in [0.717, 1.165) is 30.4 Å². The quantitative estimate of drug-likeness (QED) is 0.136. The normalized spacial score (nSPS) is 11.6. The van der Waals surface area contributed by atoms with Crippen LogP contribution in [0.15, 0.2) is 64.5 Å². The number of aryl methyl sites for hydroxylation is 2. The summed E-state index contributed by atoms with van der Waals surface area (Å²) in [6.45, 7) is -3.48. The Balaban J connectivity index is 0.000000236. The Hall–Kier alpha value is -5.46. The number of nitrogens with zero attached hydrogens (tertiary/aromatic N) is 7. The van der Waals surface area contributed by atoms with Gasteiger partial charge >= 0.3 is 11.4 Å². The molecule has 0 aliphatic carbocycles. The van der Waals surface area contributed by atoms with Gasteiger partial charge in [0, 0.05) is 83.6 Å². The molecule has 4 aromatic heterocycles. The average molecular weight is 1010 g/mol. The first-order valence-corrected chi connectivity index (χ1v) is 19.6. The summed E-state index contributed by atoms with van der Waals surface area (Å²) < 4.78 is 111. The Kier molecular flexibility index (Phi) is 14.8. The average Bonchev–Trinajstić information content (AvgIpc) is 3.22. The zero-order valence-electron chi connectivity index (χ0n) is 32.9. The number of pyridine rings is 2. The van der Waals surface area contributed by atoms with Gasteiger partial charge in [-0.15, -0.1) is 0 Å². The highest BCUT2D eigenvalue weighted by Crippen LogP contribution is 2.40. The van der Waals surface area contributed by atoms with Gasteiger partial charge in [0.05, 0.1) is 30.4 Å². The van der Waals surface area contributed by atoms with Crippen molar-refractivity contribution in [1.82, 2.24) is 28.2 Å². The standard InChI is InChI=1S/C20H19BrF5N5O2.C18H17BrF3N5O2/c1-29-18-16(19(32)30(2)20(29)33)15(10-5-9(22)3-4-12(10)21)11(6-27)17(28-18)31(7-13(23)24)8-14(25)26;1-26-16-14(17(28)27(2)18(26)29)13(9-5-8(20)3-4-11(9)19)10(6-23)15(25-16)24-7-12(21)22/h3-5,13-14H,6-8,27H2,1-2H3;3-5,12H,6-7,23H2,1-2H3,(H,24,25). The Labute approximate surface area is 361 Å². The molecule has 0 spiro atoms. The molecule has 0 bridgehead atoms. The predicted octanol–water partition coefficient (Wildman–Crippen LogP) is 5.33. The summed E-state index contributed by atoms with van der Waals surface area (Å²) in [5.41, 5.74) is 9.50.